The number of nitrogens with zero attached hydrogens (tertiary/aromatic N) is 2. The van der Waals surface area contributed by atoms with Crippen LogP contribution < -0.4 is 5.32 Å². The second-order valence-corrected chi connectivity index (χ2v) is 5.76. The van der Waals surface area contributed by atoms with Crippen LogP contribution in [0.2, 0.25) is 0 Å². The molecule has 0 bridgehead atoms. The van der Waals surface area contributed by atoms with E-state index >= 15 is 0 Å². The summed E-state index contributed by atoms with van der Waals surface area (Å²) in [6.07, 6.45) is 3.94. The molecule has 1 aliphatic carbocycles. The predicted octanol–water partition coefficient (Wildman–Crippen LogP) is 0.549. The van der Waals surface area contributed by atoms with E-state index in [0.29, 0.717) is 25.7 Å². The van der Waals surface area contributed by atoms with Gasteiger partial charge in [-0.15, -0.1) is 0 Å². The summed E-state index contributed by atoms with van der Waals surface area (Å²) in [6, 6.07) is 0.292. The number of carbonyl (C=O) groups is 3. The van der Waals surface area contributed by atoms with Crippen LogP contribution in [0.3, 0.4) is 0 Å². The van der Waals surface area contributed by atoms with Crippen LogP contribution in [0.15, 0.2) is 0 Å². The van der Waals surface area contributed by atoms with E-state index in [9.17, 15) is 14.4 Å². The first-order valence-electron chi connectivity index (χ1n) is 7.16. The second kappa shape index (κ2) is 5.30. The Hall–Kier alpha value is -1.79. The number of hydrogen-bond acceptors (Lipinski definition) is 4. The molecular weight excluding hydrogens is 262 g/mol. The van der Waals surface area contributed by atoms with Gasteiger partial charge >= 0.3 is 12.1 Å². The molecule has 2 saturated heterocycles. The number of urea groups is 1. The number of hydrogen-bond donors (Lipinski definition) is 1. The van der Waals surface area contributed by atoms with Crippen molar-refractivity contribution < 1.29 is 19.1 Å². The number of amides is 4. The maximum Gasteiger partial charge on any atom is 0.417 e. The second-order valence-electron chi connectivity index (χ2n) is 5.76. The Labute approximate surface area is 117 Å². The highest BCUT2D eigenvalue weighted by molar-refractivity contribution is 5.97. The predicted molar refractivity (Wildman–Crippen MR) is 68.9 cm³/mol. The van der Waals surface area contributed by atoms with Gasteiger partial charge in [-0.1, -0.05) is 12.8 Å². The van der Waals surface area contributed by atoms with Gasteiger partial charge in [0, 0.05) is 31.6 Å². The van der Waals surface area contributed by atoms with Gasteiger partial charge in [0.15, 0.2) is 6.61 Å². The van der Waals surface area contributed by atoms with Crippen LogP contribution >= 0.6 is 0 Å². The highest BCUT2D eigenvalue weighted by Crippen LogP contribution is 2.21. The van der Waals surface area contributed by atoms with Crippen LogP contribution in [0.4, 0.5) is 9.59 Å². The molecule has 0 aromatic carbocycles. The van der Waals surface area contributed by atoms with E-state index in [1.54, 1.807) is 4.90 Å². The molecule has 0 aromatic rings. The Morgan fingerprint density at radius 3 is 2.55 bits per heavy atom. The minimum atomic E-state index is -0.566. The Bertz CT molecular complexity index is 411. The summed E-state index contributed by atoms with van der Waals surface area (Å²) in [6.45, 7) is 1.38. The Kier molecular flexibility index (Phi) is 3.50. The van der Waals surface area contributed by atoms with Crippen molar-refractivity contribution in [3.63, 3.8) is 0 Å². The molecule has 4 amide bonds. The quantitative estimate of drug-likeness (QED) is 0.819. The lowest BCUT2D eigenvalue weighted by atomic mass is 10.00. The topological polar surface area (TPSA) is 79.0 Å². The number of likely N-dealkylation sites (tertiary alicyclic amines) is 1. The van der Waals surface area contributed by atoms with E-state index in [1.807, 2.05) is 0 Å². The summed E-state index contributed by atoms with van der Waals surface area (Å²) in [7, 11) is 0. The SMILES string of the molecule is O=C(NC1CCCC1)N1CC(CN2C(=O)COC2=O)C1. The molecule has 7 nitrogen and oxygen atoms in total. The molecule has 1 saturated carbocycles. The molecule has 2 heterocycles. The Morgan fingerprint density at radius 1 is 1.25 bits per heavy atom. The van der Waals surface area contributed by atoms with Crippen molar-refractivity contribution >= 4 is 18.0 Å². The summed E-state index contributed by atoms with van der Waals surface area (Å²) in [4.78, 5) is 37.5. The summed E-state index contributed by atoms with van der Waals surface area (Å²) in [5.41, 5.74) is 0. The molecule has 3 aliphatic rings. The third-order valence-corrected chi connectivity index (χ3v) is 4.21. The normalized spacial score (nSPS) is 24.0. The molecule has 0 spiro atoms. The molecule has 0 atom stereocenters. The summed E-state index contributed by atoms with van der Waals surface area (Å²) in [5.74, 6) is -0.122. The molecule has 0 radical (unpaired) electrons. The Balaban J connectivity index is 1.41. The molecule has 0 aromatic heterocycles. The molecule has 3 fully saturated rings. The van der Waals surface area contributed by atoms with Crippen molar-refractivity contribution in [3.05, 3.63) is 0 Å². The first-order chi connectivity index (χ1) is 9.63. The van der Waals surface area contributed by atoms with E-state index in [1.165, 1.54) is 12.8 Å². The molecule has 1 N–H and O–H groups in total. The van der Waals surface area contributed by atoms with Crippen molar-refractivity contribution in [2.75, 3.05) is 26.2 Å². The van der Waals surface area contributed by atoms with Crippen molar-refractivity contribution in [3.8, 4) is 0 Å². The largest absolute Gasteiger partial charge is 0.439 e. The lowest BCUT2D eigenvalue weighted by molar-refractivity contribution is -0.126. The van der Waals surface area contributed by atoms with Crippen LogP contribution in [-0.4, -0.2) is 60.1 Å². The molecule has 110 valence electrons. The van der Waals surface area contributed by atoms with Gasteiger partial charge in [-0.3, -0.25) is 4.79 Å². The first-order valence-corrected chi connectivity index (χ1v) is 7.16. The van der Waals surface area contributed by atoms with Crippen molar-refractivity contribution in [2.24, 2.45) is 5.92 Å². The molecule has 2 aliphatic heterocycles. The van der Waals surface area contributed by atoms with E-state index in [2.05, 4.69) is 10.1 Å². The summed E-state index contributed by atoms with van der Waals surface area (Å²) < 4.78 is 4.65. The number of carbonyl (C=O) groups excluding carboxylic acids is 3. The lowest BCUT2D eigenvalue weighted by Crippen LogP contribution is -2.58. The van der Waals surface area contributed by atoms with Crippen molar-refractivity contribution in [1.29, 1.82) is 0 Å². The number of nitrogens with one attached hydrogen (secondary N) is 1. The van der Waals surface area contributed by atoms with Gasteiger partial charge in [0.1, 0.15) is 0 Å². The molecule has 7 heteroatoms. The minimum absolute atomic E-state index is 0.0246. The van der Waals surface area contributed by atoms with Gasteiger partial charge in [0.05, 0.1) is 0 Å². The summed E-state index contributed by atoms with van der Waals surface area (Å²) >= 11 is 0. The van der Waals surface area contributed by atoms with Gasteiger partial charge in [-0.05, 0) is 12.8 Å². The number of rotatable bonds is 3. The fourth-order valence-corrected chi connectivity index (χ4v) is 3.00. The maximum absolute atomic E-state index is 11.9. The van der Waals surface area contributed by atoms with Crippen LogP contribution in [0.5, 0.6) is 0 Å². The average molecular weight is 281 g/mol. The molecule has 0 unspecified atom stereocenters. The third-order valence-electron chi connectivity index (χ3n) is 4.21. The maximum atomic E-state index is 11.9. The van der Waals surface area contributed by atoms with E-state index in [4.69, 9.17) is 0 Å². The van der Waals surface area contributed by atoms with Crippen LogP contribution in [-0.2, 0) is 9.53 Å². The highest BCUT2D eigenvalue weighted by atomic mass is 16.6. The molecular formula is C13H19N3O4. The van der Waals surface area contributed by atoms with Crippen LogP contribution in [0.25, 0.3) is 0 Å². The average Bonchev–Trinajstić information content (AvgIpc) is 2.96. The zero-order chi connectivity index (χ0) is 14.1. The fourth-order valence-electron chi connectivity index (χ4n) is 3.00. The van der Waals surface area contributed by atoms with Gasteiger partial charge in [-0.2, -0.15) is 0 Å². The van der Waals surface area contributed by atoms with E-state index in [0.717, 1.165) is 17.7 Å². The Morgan fingerprint density at radius 2 is 1.95 bits per heavy atom. The van der Waals surface area contributed by atoms with Crippen LogP contribution in [0.1, 0.15) is 25.7 Å². The smallest absolute Gasteiger partial charge is 0.417 e. The van der Waals surface area contributed by atoms with Gasteiger partial charge in [0.25, 0.3) is 5.91 Å². The number of cyclic esters (lactones) is 1. The van der Waals surface area contributed by atoms with Crippen LogP contribution in [0, 0.1) is 5.92 Å². The zero-order valence-electron chi connectivity index (χ0n) is 11.3. The van der Waals surface area contributed by atoms with Gasteiger partial charge in [0.2, 0.25) is 0 Å². The van der Waals surface area contributed by atoms with E-state index in [-0.39, 0.29) is 24.5 Å². The third kappa shape index (κ3) is 2.57. The molecule has 3 rings (SSSR count). The fraction of sp³-hybridized carbons (Fsp3) is 0.769. The van der Waals surface area contributed by atoms with Crippen molar-refractivity contribution in [2.45, 2.75) is 31.7 Å². The molecule has 20 heavy (non-hydrogen) atoms. The minimum Gasteiger partial charge on any atom is -0.439 e. The highest BCUT2D eigenvalue weighted by Gasteiger charge is 2.38. The number of ether oxygens (including phenoxy) is 1. The summed E-state index contributed by atoms with van der Waals surface area (Å²) in [5, 5.41) is 3.03. The first kappa shape index (κ1) is 13.2. The zero-order valence-corrected chi connectivity index (χ0v) is 11.3. The lowest BCUT2D eigenvalue weighted by Gasteiger charge is -2.40. The standard InChI is InChI=1S/C13H19N3O4/c17-11-8-20-13(19)16(11)7-9-5-15(6-9)12(18)14-10-3-1-2-4-10/h9-10H,1-8H2,(H,14,18). The monoisotopic (exact) mass is 281 g/mol. The van der Waals surface area contributed by atoms with Gasteiger partial charge in [-0.25, -0.2) is 14.5 Å². The number of imide groups is 1. The van der Waals surface area contributed by atoms with Crippen molar-refractivity contribution in [1.82, 2.24) is 15.1 Å². The van der Waals surface area contributed by atoms with E-state index < -0.39 is 6.09 Å². The van der Waals surface area contributed by atoms with Gasteiger partial charge < -0.3 is 15.0 Å².